The molecule has 3 heterocycles. The average molecular weight is 614 g/mol. The van der Waals surface area contributed by atoms with Gasteiger partial charge in [-0.15, -0.1) is 0 Å². The van der Waals surface area contributed by atoms with Crippen LogP contribution in [-0.4, -0.2) is 91.5 Å². The fourth-order valence-corrected chi connectivity index (χ4v) is 5.28. The Hall–Kier alpha value is -3.12. The number of likely N-dealkylation sites (N-methyl/N-ethyl adjacent to an activating group) is 1. The van der Waals surface area contributed by atoms with E-state index in [2.05, 4.69) is 49.4 Å². The smallest absolute Gasteiger partial charge is 0.297 e. The van der Waals surface area contributed by atoms with Crippen LogP contribution in [0.15, 0.2) is 65.6 Å². The van der Waals surface area contributed by atoms with Gasteiger partial charge in [-0.3, -0.25) is 9.59 Å². The van der Waals surface area contributed by atoms with Crippen LogP contribution in [0, 0.1) is 3.57 Å². The monoisotopic (exact) mass is 614 g/mol. The molecule has 2 aliphatic heterocycles. The van der Waals surface area contributed by atoms with Crippen molar-refractivity contribution in [3.63, 3.8) is 0 Å². The zero-order chi connectivity index (χ0) is 25.8. The van der Waals surface area contributed by atoms with Crippen LogP contribution in [-0.2, 0) is 4.79 Å². The molecular formula is C27H31IN6O3. The lowest BCUT2D eigenvalue weighted by Crippen LogP contribution is -2.52. The minimum Gasteiger partial charge on any atom is -0.483 e. The summed E-state index contributed by atoms with van der Waals surface area (Å²) in [5, 5.41) is 4.54. The van der Waals surface area contributed by atoms with Crippen LogP contribution >= 0.6 is 22.6 Å². The molecule has 0 saturated carbocycles. The molecule has 37 heavy (non-hydrogen) atoms. The fourth-order valence-electron chi connectivity index (χ4n) is 4.74. The van der Waals surface area contributed by atoms with Crippen molar-refractivity contribution >= 4 is 39.9 Å². The number of nitrogens with zero attached hydrogens (tertiary/aromatic N) is 6. The van der Waals surface area contributed by atoms with Crippen molar-refractivity contribution in [3.05, 3.63) is 74.7 Å². The Balaban J connectivity index is 1.32. The largest absolute Gasteiger partial charge is 0.483 e. The molecule has 9 nitrogen and oxygen atoms in total. The van der Waals surface area contributed by atoms with E-state index in [9.17, 15) is 9.59 Å². The Labute approximate surface area is 230 Å². The summed E-state index contributed by atoms with van der Waals surface area (Å²) in [4.78, 5) is 35.1. The Kier molecular flexibility index (Phi) is 7.94. The highest BCUT2D eigenvalue weighted by atomic mass is 127. The van der Waals surface area contributed by atoms with Gasteiger partial charge in [0, 0.05) is 52.4 Å². The second-order valence-electron chi connectivity index (χ2n) is 9.31. The molecule has 1 aromatic heterocycles. The molecule has 0 atom stereocenters. The summed E-state index contributed by atoms with van der Waals surface area (Å²) in [6.07, 6.45) is 1.81. The summed E-state index contributed by atoms with van der Waals surface area (Å²) in [6.45, 7) is 5.77. The van der Waals surface area contributed by atoms with Crippen LogP contribution in [0.2, 0.25) is 0 Å². The van der Waals surface area contributed by atoms with Gasteiger partial charge in [0.05, 0.1) is 21.1 Å². The maximum atomic E-state index is 13.8. The third kappa shape index (κ3) is 5.74. The van der Waals surface area contributed by atoms with Crippen LogP contribution < -0.4 is 20.1 Å². The molecule has 1 amide bonds. The number of carbonyl (C=O) groups excluding carboxylic acids is 1. The van der Waals surface area contributed by atoms with Gasteiger partial charge < -0.3 is 24.3 Å². The Morgan fingerprint density at radius 1 is 0.892 bits per heavy atom. The molecule has 0 aliphatic carbocycles. The molecule has 2 saturated heterocycles. The zero-order valence-electron chi connectivity index (χ0n) is 20.9. The number of amides is 1. The fraction of sp³-hybridized carbons (Fsp3) is 0.370. The van der Waals surface area contributed by atoms with Gasteiger partial charge in [0.25, 0.3) is 11.5 Å². The topological polar surface area (TPSA) is 74.2 Å². The van der Waals surface area contributed by atoms with E-state index >= 15 is 0 Å². The number of aromatic nitrogens is 2. The molecule has 2 aliphatic rings. The number of ether oxygens (including phenoxy) is 1. The number of halogens is 1. The van der Waals surface area contributed by atoms with Gasteiger partial charge in [0.1, 0.15) is 11.4 Å². The van der Waals surface area contributed by atoms with Crippen molar-refractivity contribution in [2.45, 2.75) is 0 Å². The number of carbonyl (C=O) groups is 1. The molecule has 0 radical (unpaired) electrons. The van der Waals surface area contributed by atoms with Gasteiger partial charge in [0.2, 0.25) is 0 Å². The number of piperazine rings is 2. The summed E-state index contributed by atoms with van der Waals surface area (Å²) in [5.74, 6) is 0.688. The molecule has 2 fully saturated rings. The highest BCUT2D eigenvalue weighted by Crippen LogP contribution is 2.28. The summed E-state index contributed by atoms with van der Waals surface area (Å²) >= 11 is 2.21. The van der Waals surface area contributed by atoms with E-state index in [-0.39, 0.29) is 18.1 Å². The predicted octanol–water partition coefficient (Wildman–Crippen LogP) is 2.32. The molecule has 0 N–H and O–H groups in total. The Morgan fingerprint density at radius 3 is 2.24 bits per heavy atom. The van der Waals surface area contributed by atoms with E-state index < -0.39 is 0 Å². The van der Waals surface area contributed by atoms with Crippen LogP contribution in [0.1, 0.15) is 0 Å². The summed E-state index contributed by atoms with van der Waals surface area (Å²) in [6, 6.07) is 17.2. The molecule has 3 aromatic rings. The Bertz CT molecular complexity index is 1280. The number of anilines is 2. The summed E-state index contributed by atoms with van der Waals surface area (Å²) in [5.41, 5.74) is 2.16. The SMILES string of the molecule is CN1CCN(c2c(N3CCN(C(=O)COc4ccccc4I)CC3)cnn(-c3ccccc3)c2=O)CC1. The molecule has 0 spiro atoms. The maximum absolute atomic E-state index is 13.8. The third-order valence-corrected chi connectivity index (χ3v) is 7.81. The number of hydrogen-bond acceptors (Lipinski definition) is 7. The summed E-state index contributed by atoms with van der Waals surface area (Å²) in [7, 11) is 2.10. The third-order valence-electron chi connectivity index (χ3n) is 6.91. The van der Waals surface area contributed by atoms with Gasteiger partial charge in [0.15, 0.2) is 6.61 Å². The lowest BCUT2D eigenvalue weighted by Gasteiger charge is -2.39. The van der Waals surface area contributed by atoms with Gasteiger partial charge >= 0.3 is 0 Å². The van der Waals surface area contributed by atoms with E-state index in [0.29, 0.717) is 31.9 Å². The number of para-hydroxylation sites is 2. The van der Waals surface area contributed by atoms with Crippen molar-refractivity contribution in [2.24, 2.45) is 0 Å². The van der Waals surface area contributed by atoms with Crippen LogP contribution in [0.3, 0.4) is 0 Å². The molecule has 194 valence electrons. The lowest BCUT2D eigenvalue weighted by molar-refractivity contribution is -0.133. The van der Waals surface area contributed by atoms with Crippen LogP contribution in [0.25, 0.3) is 5.69 Å². The van der Waals surface area contributed by atoms with E-state index in [1.807, 2.05) is 59.5 Å². The first-order valence-electron chi connectivity index (χ1n) is 12.5. The number of hydrogen-bond donors (Lipinski definition) is 0. The van der Waals surface area contributed by atoms with Gasteiger partial charge in [-0.1, -0.05) is 30.3 Å². The Morgan fingerprint density at radius 2 is 1.54 bits per heavy atom. The second-order valence-corrected chi connectivity index (χ2v) is 10.5. The first-order valence-corrected chi connectivity index (χ1v) is 13.6. The predicted molar refractivity (Wildman–Crippen MR) is 153 cm³/mol. The highest BCUT2D eigenvalue weighted by Gasteiger charge is 2.28. The number of rotatable bonds is 6. The van der Waals surface area contributed by atoms with Crippen LogP contribution in [0.4, 0.5) is 11.4 Å². The van der Waals surface area contributed by atoms with Crippen molar-refractivity contribution < 1.29 is 9.53 Å². The van der Waals surface area contributed by atoms with E-state index in [1.54, 1.807) is 6.20 Å². The van der Waals surface area contributed by atoms with Crippen molar-refractivity contribution in [2.75, 3.05) is 75.8 Å². The van der Waals surface area contributed by atoms with Crippen LogP contribution in [0.5, 0.6) is 5.75 Å². The first-order chi connectivity index (χ1) is 18.0. The molecule has 2 aromatic carbocycles. The van der Waals surface area contributed by atoms with Crippen molar-refractivity contribution in [1.82, 2.24) is 19.6 Å². The minimum absolute atomic E-state index is 0.0151. The maximum Gasteiger partial charge on any atom is 0.297 e. The highest BCUT2D eigenvalue weighted by molar-refractivity contribution is 14.1. The quantitative estimate of drug-likeness (QED) is 0.395. The molecule has 0 unspecified atom stereocenters. The minimum atomic E-state index is -0.113. The molecular weight excluding hydrogens is 583 g/mol. The standard InChI is InChI=1S/C27H31IN6O3/c1-30-11-13-33(14-12-30)26-23(19-29-34(27(26)36)21-7-3-2-4-8-21)31-15-17-32(18-16-31)25(35)20-37-24-10-6-5-9-22(24)28/h2-10,19H,11-18,20H2,1H3. The van der Waals surface area contributed by atoms with Gasteiger partial charge in [-0.2, -0.15) is 9.78 Å². The van der Waals surface area contributed by atoms with E-state index in [0.717, 1.165) is 46.9 Å². The molecule has 0 bridgehead atoms. The average Bonchev–Trinajstić information content (AvgIpc) is 2.93. The second kappa shape index (κ2) is 11.5. The van der Waals surface area contributed by atoms with Gasteiger partial charge in [-0.05, 0) is 53.9 Å². The lowest BCUT2D eigenvalue weighted by atomic mass is 10.2. The summed E-state index contributed by atoms with van der Waals surface area (Å²) < 4.78 is 8.23. The van der Waals surface area contributed by atoms with E-state index in [4.69, 9.17) is 4.74 Å². The van der Waals surface area contributed by atoms with Gasteiger partial charge in [-0.25, -0.2) is 0 Å². The molecule has 10 heteroatoms. The van der Waals surface area contributed by atoms with Crippen molar-refractivity contribution in [3.8, 4) is 11.4 Å². The first kappa shape index (κ1) is 25.5. The van der Waals surface area contributed by atoms with Crippen molar-refractivity contribution in [1.29, 1.82) is 0 Å². The molecule has 5 rings (SSSR count). The zero-order valence-corrected chi connectivity index (χ0v) is 23.1. The number of benzene rings is 2. The normalized spacial score (nSPS) is 16.6. The van der Waals surface area contributed by atoms with E-state index in [1.165, 1.54) is 4.68 Å².